The molecule has 0 aliphatic rings. The summed E-state index contributed by atoms with van der Waals surface area (Å²) in [4.78, 5) is 4.05. The number of benzene rings is 2. The quantitative estimate of drug-likeness (QED) is 0.506. The summed E-state index contributed by atoms with van der Waals surface area (Å²) in [6.45, 7) is 1.76. The van der Waals surface area contributed by atoms with Gasteiger partial charge in [0.1, 0.15) is 5.75 Å². The molecule has 0 aliphatic carbocycles. The summed E-state index contributed by atoms with van der Waals surface area (Å²) in [5.41, 5.74) is 1.23. The van der Waals surface area contributed by atoms with Crippen LogP contribution >= 0.6 is 11.6 Å². The lowest BCUT2D eigenvalue weighted by Gasteiger charge is -2.24. The van der Waals surface area contributed by atoms with E-state index in [1.165, 1.54) is 4.31 Å². The molecule has 0 spiro atoms. The Morgan fingerprint density at radius 3 is 2.41 bits per heavy atom. The van der Waals surface area contributed by atoms with Crippen molar-refractivity contribution >= 4 is 27.3 Å². The van der Waals surface area contributed by atoms with Crippen LogP contribution in [0.5, 0.6) is 17.2 Å². The molecular formula is C21H21ClN2O4S. The predicted molar refractivity (Wildman–Crippen MR) is 114 cm³/mol. The summed E-state index contributed by atoms with van der Waals surface area (Å²) in [6, 6.07) is 15.7. The minimum absolute atomic E-state index is 0.0374. The van der Waals surface area contributed by atoms with Gasteiger partial charge in [0.2, 0.25) is 10.0 Å². The molecule has 29 heavy (non-hydrogen) atoms. The topological polar surface area (TPSA) is 68.7 Å². The molecule has 2 aromatic carbocycles. The molecule has 0 atom stereocenters. The molecule has 0 fully saturated rings. The van der Waals surface area contributed by atoms with Gasteiger partial charge in [0.25, 0.3) is 0 Å². The van der Waals surface area contributed by atoms with Gasteiger partial charge >= 0.3 is 0 Å². The number of halogens is 1. The molecule has 0 amide bonds. The van der Waals surface area contributed by atoms with Gasteiger partial charge in [-0.05, 0) is 48.9 Å². The number of para-hydroxylation sites is 2. The van der Waals surface area contributed by atoms with Crippen LogP contribution in [0.1, 0.15) is 12.5 Å². The maximum Gasteiger partial charge on any atom is 0.235 e. The Kier molecular flexibility index (Phi) is 6.61. The minimum atomic E-state index is -3.52. The highest BCUT2D eigenvalue weighted by Gasteiger charge is 2.22. The van der Waals surface area contributed by atoms with Crippen molar-refractivity contribution in [2.24, 2.45) is 0 Å². The molecule has 0 radical (unpaired) electrons. The summed E-state index contributed by atoms with van der Waals surface area (Å²) >= 11 is 6.42. The first-order valence-electron chi connectivity index (χ1n) is 8.94. The molecule has 1 aromatic heterocycles. The van der Waals surface area contributed by atoms with Gasteiger partial charge in [-0.2, -0.15) is 0 Å². The number of sulfonamides is 1. The van der Waals surface area contributed by atoms with Crippen LogP contribution in [0.3, 0.4) is 0 Å². The molecule has 6 nitrogen and oxygen atoms in total. The van der Waals surface area contributed by atoms with Crippen molar-refractivity contribution in [1.29, 1.82) is 0 Å². The van der Waals surface area contributed by atoms with Crippen LogP contribution in [0.15, 0.2) is 67.0 Å². The monoisotopic (exact) mass is 432 g/mol. The van der Waals surface area contributed by atoms with E-state index in [1.807, 2.05) is 18.2 Å². The SMILES string of the molecule is CCS(=O)(=O)N(Cc1cccnc1)c1ccc(Oc2ccccc2OC)c(Cl)c1. The summed E-state index contributed by atoms with van der Waals surface area (Å²) in [5, 5.41) is 0.288. The normalized spacial score (nSPS) is 11.1. The Morgan fingerprint density at radius 2 is 1.79 bits per heavy atom. The van der Waals surface area contributed by atoms with Crippen LogP contribution in [0.25, 0.3) is 0 Å². The number of hydrogen-bond acceptors (Lipinski definition) is 5. The third-order valence-electron chi connectivity index (χ3n) is 4.24. The van der Waals surface area contributed by atoms with Crippen molar-refractivity contribution in [3.63, 3.8) is 0 Å². The smallest absolute Gasteiger partial charge is 0.235 e. The molecule has 1 heterocycles. The third-order valence-corrected chi connectivity index (χ3v) is 6.28. The van der Waals surface area contributed by atoms with Gasteiger partial charge in [-0.3, -0.25) is 9.29 Å². The number of aromatic nitrogens is 1. The first-order valence-corrected chi connectivity index (χ1v) is 10.9. The van der Waals surface area contributed by atoms with Crippen molar-refractivity contribution in [1.82, 2.24) is 4.98 Å². The number of nitrogens with zero attached hydrogens (tertiary/aromatic N) is 2. The molecule has 0 bridgehead atoms. The summed E-state index contributed by atoms with van der Waals surface area (Å²) in [6.07, 6.45) is 3.28. The fourth-order valence-corrected chi connectivity index (χ4v) is 4.02. The van der Waals surface area contributed by atoms with Crippen LogP contribution in [0, 0.1) is 0 Å². The van der Waals surface area contributed by atoms with Crippen molar-refractivity contribution in [3.8, 4) is 17.2 Å². The van der Waals surface area contributed by atoms with Crippen molar-refractivity contribution in [2.75, 3.05) is 17.2 Å². The summed E-state index contributed by atoms with van der Waals surface area (Å²) in [5.74, 6) is 1.44. The molecule has 3 aromatic rings. The van der Waals surface area contributed by atoms with Crippen LogP contribution in [-0.4, -0.2) is 26.3 Å². The second kappa shape index (κ2) is 9.15. The van der Waals surface area contributed by atoms with E-state index in [0.717, 1.165) is 5.56 Å². The molecule has 3 rings (SSSR count). The van der Waals surface area contributed by atoms with Gasteiger partial charge < -0.3 is 9.47 Å². The lowest BCUT2D eigenvalue weighted by atomic mass is 10.2. The van der Waals surface area contributed by atoms with E-state index in [4.69, 9.17) is 21.1 Å². The molecule has 0 N–H and O–H groups in total. The average Bonchev–Trinajstić information content (AvgIpc) is 2.74. The molecule has 0 unspecified atom stereocenters. The van der Waals surface area contributed by atoms with Crippen molar-refractivity contribution < 1.29 is 17.9 Å². The zero-order valence-corrected chi connectivity index (χ0v) is 17.7. The van der Waals surface area contributed by atoms with E-state index in [2.05, 4.69) is 4.98 Å². The predicted octanol–water partition coefficient (Wildman–Crippen LogP) is 4.89. The molecule has 8 heteroatoms. The molecular weight excluding hydrogens is 412 g/mol. The van der Waals surface area contributed by atoms with Crippen molar-refractivity contribution in [3.05, 3.63) is 77.6 Å². The van der Waals surface area contributed by atoms with E-state index >= 15 is 0 Å². The fourth-order valence-electron chi connectivity index (χ4n) is 2.71. The van der Waals surface area contributed by atoms with Gasteiger partial charge in [0.15, 0.2) is 11.5 Å². The van der Waals surface area contributed by atoms with E-state index in [-0.39, 0.29) is 17.3 Å². The molecule has 0 aliphatic heterocycles. The van der Waals surface area contributed by atoms with Gasteiger partial charge in [0, 0.05) is 12.4 Å². The van der Waals surface area contributed by atoms with E-state index in [9.17, 15) is 8.42 Å². The molecule has 0 saturated carbocycles. The maximum absolute atomic E-state index is 12.7. The van der Waals surface area contributed by atoms with Crippen LogP contribution in [0.2, 0.25) is 5.02 Å². The number of rotatable bonds is 8. The Bertz CT molecular complexity index is 1080. The highest BCUT2D eigenvalue weighted by atomic mass is 35.5. The highest BCUT2D eigenvalue weighted by molar-refractivity contribution is 7.92. The Balaban J connectivity index is 1.93. The first kappa shape index (κ1) is 21.0. The fraction of sp³-hybridized carbons (Fsp3) is 0.190. The van der Waals surface area contributed by atoms with Crippen LogP contribution < -0.4 is 13.8 Å². The average molecular weight is 433 g/mol. The van der Waals surface area contributed by atoms with Gasteiger partial charge in [-0.1, -0.05) is 29.8 Å². The third kappa shape index (κ3) is 4.99. The molecule has 0 saturated heterocycles. The zero-order chi connectivity index (χ0) is 20.9. The number of anilines is 1. The standard InChI is InChI=1S/C21H21ClN2O4S/c1-3-29(25,26)24(15-16-7-6-12-23-14-16)17-10-11-19(18(22)13-17)28-21-9-5-4-8-20(21)27-2/h4-14H,3,15H2,1-2H3. The number of ether oxygens (including phenoxy) is 2. The minimum Gasteiger partial charge on any atom is -0.493 e. The van der Waals surface area contributed by atoms with Gasteiger partial charge in [-0.25, -0.2) is 8.42 Å². The number of methoxy groups -OCH3 is 1. The highest BCUT2D eigenvalue weighted by Crippen LogP contribution is 2.37. The Labute approximate surface area is 175 Å². The second-order valence-electron chi connectivity index (χ2n) is 6.14. The number of pyridine rings is 1. The van der Waals surface area contributed by atoms with Crippen molar-refractivity contribution in [2.45, 2.75) is 13.5 Å². The number of hydrogen-bond donors (Lipinski definition) is 0. The van der Waals surface area contributed by atoms with E-state index in [1.54, 1.807) is 62.8 Å². The molecule has 152 valence electrons. The van der Waals surface area contributed by atoms with E-state index < -0.39 is 10.0 Å². The second-order valence-corrected chi connectivity index (χ2v) is 8.73. The van der Waals surface area contributed by atoms with Crippen LogP contribution in [0.4, 0.5) is 5.69 Å². The summed E-state index contributed by atoms with van der Waals surface area (Å²) in [7, 11) is -1.97. The summed E-state index contributed by atoms with van der Waals surface area (Å²) < 4.78 is 37.8. The van der Waals surface area contributed by atoms with E-state index in [0.29, 0.717) is 22.9 Å². The van der Waals surface area contributed by atoms with Gasteiger partial charge in [-0.15, -0.1) is 0 Å². The van der Waals surface area contributed by atoms with Gasteiger partial charge in [0.05, 0.1) is 30.1 Å². The van der Waals surface area contributed by atoms with Crippen LogP contribution in [-0.2, 0) is 16.6 Å². The lowest BCUT2D eigenvalue weighted by Crippen LogP contribution is -2.31. The Hall–Kier alpha value is -2.77. The maximum atomic E-state index is 12.7. The largest absolute Gasteiger partial charge is 0.493 e. The lowest BCUT2D eigenvalue weighted by molar-refractivity contribution is 0.379. The Morgan fingerprint density at radius 1 is 1.03 bits per heavy atom. The zero-order valence-electron chi connectivity index (χ0n) is 16.1. The first-order chi connectivity index (χ1) is 13.9.